The number of thioether (sulfide) groups is 1. The minimum Gasteiger partial charge on any atom is -0.481 e. The number of aromatic nitrogens is 3. The summed E-state index contributed by atoms with van der Waals surface area (Å²) in [5, 5.41) is 18.7. The molecule has 3 rings (SSSR count). The highest BCUT2D eigenvalue weighted by Gasteiger charge is 2.15. The number of benzene rings is 1. The lowest BCUT2D eigenvalue weighted by Crippen LogP contribution is -2.03. The zero-order valence-corrected chi connectivity index (χ0v) is 16.2. The molecule has 8 nitrogen and oxygen atoms in total. The first-order valence-electron chi connectivity index (χ1n) is 8.69. The first kappa shape index (κ1) is 20.1. The molecule has 9 heteroatoms. The number of aliphatic carboxylic acids is 1. The smallest absolute Gasteiger partial charge is 0.303 e. The summed E-state index contributed by atoms with van der Waals surface area (Å²) >= 11 is 1.34. The second-order valence-corrected chi connectivity index (χ2v) is 7.09. The molecule has 0 radical (unpaired) electrons. The number of carboxylic acids is 1. The molecule has 2 aromatic heterocycles. The van der Waals surface area contributed by atoms with E-state index >= 15 is 0 Å². The van der Waals surface area contributed by atoms with Crippen LogP contribution in [0.2, 0.25) is 0 Å². The predicted octanol–water partition coefficient (Wildman–Crippen LogP) is 2.88. The van der Waals surface area contributed by atoms with E-state index in [9.17, 15) is 10.1 Å². The molecule has 0 spiro atoms. The Bertz CT molecular complexity index is 1080. The van der Waals surface area contributed by atoms with Crippen LogP contribution in [0.25, 0.3) is 11.3 Å². The highest BCUT2D eigenvalue weighted by Crippen LogP contribution is 2.29. The molecule has 0 saturated heterocycles. The van der Waals surface area contributed by atoms with Crippen molar-refractivity contribution in [2.75, 3.05) is 11.5 Å². The van der Waals surface area contributed by atoms with Crippen molar-refractivity contribution in [1.29, 1.82) is 5.26 Å². The maximum Gasteiger partial charge on any atom is 0.303 e. The fourth-order valence-electron chi connectivity index (χ4n) is 2.60. The van der Waals surface area contributed by atoms with Crippen LogP contribution in [0.4, 0.5) is 11.5 Å². The van der Waals surface area contributed by atoms with Gasteiger partial charge in [0.1, 0.15) is 17.5 Å². The van der Waals surface area contributed by atoms with E-state index in [-0.39, 0.29) is 17.8 Å². The van der Waals surface area contributed by atoms with Gasteiger partial charge in [0.15, 0.2) is 5.16 Å². The fraction of sp³-hybridized carbons (Fsp3) is 0.150. The number of nitrogen functional groups attached to an aromatic ring is 2. The third-order valence-corrected chi connectivity index (χ3v) is 4.90. The van der Waals surface area contributed by atoms with Crippen molar-refractivity contribution >= 4 is 29.2 Å². The standard InChI is InChI=1S/C20H18N6O2S/c21-10-16-18(12-4-6-13(22)7-5-12)25-20(26-19(16)23)29-11-15-3-1-2-14(24-15)8-9-17(27)28/h1-7H,8-9,11,22H2,(H,27,28)(H2,23,25,26). The number of carbonyl (C=O) groups is 1. The average Bonchev–Trinajstić information content (AvgIpc) is 2.71. The zero-order valence-electron chi connectivity index (χ0n) is 15.4. The molecule has 0 aliphatic heterocycles. The molecule has 146 valence electrons. The van der Waals surface area contributed by atoms with E-state index in [0.29, 0.717) is 34.4 Å². The summed E-state index contributed by atoms with van der Waals surface area (Å²) in [7, 11) is 0. The molecule has 0 aliphatic carbocycles. The zero-order chi connectivity index (χ0) is 20.8. The Labute approximate surface area is 171 Å². The average molecular weight is 406 g/mol. The topological polar surface area (TPSA) is 152 Å². The molecule has 0 unspecified atom stereocenters. The van der Waals surface area contributed by atoms with Gasteiger partial charge in [-0.2, -0.15) is 5.26 Å². The number of aryl methyl sites for hydroxylation is 1. The second-order valence-electron chi connectivity index (χ2n) is 6.15. The van der Waals surface area contributed by atoms with Crippen LogP contribution in [0.5, 0.6) is 0 Å². The highest BCUT2D eigenvalue weighted by molar-refractivity contribution is 7.98. The van der Waals surface area contributed by atoms with Crippen molar-refractivity contribution in [3.05, 3.63) is 59.4 Å². The van der Waals surface area contributed by atoms with Crippen molar-refractivity contribution in [2.45, 2.75) is 23.8 Å². The number of rotatable bonds is 7. The van der Waals surface area contributed by atoms with Gasteiger partial charge in [0.2, 0.25) is 0 Å². The Balaban J connectivity index is 1.81. The molecule has 0 amide bonds. The molecule has 2 heterocycles. The third-order valence-electron chi connectivity index (χ3n) is 4.02. The van der Waals surface area contributed by atoms with Gasteiger partial charge in [0, 0.05) is 29.1 Å². The van der Waals surface area contributed by atoms with E-state index in [2.05, 4.69) is 21.0 Å². The molecule has 0 bridgehead atoms. The van der Waals surface area contributed by atoms with E-state index in [1.54, 1.807) is 30.3 Å². The molecular weight excluding hydrogens is 388 g/mol. The van der Waals surface area contributed by atoms with Gasteiger partial charge in [-0.1, -0.05) is 30.0 Å². The van der Waals surface area contributed by atoms with Gasteiger partial charge < -0.3 is 16.6 Å². The van der Waals surface area contributed by atoms with Crippen molar-refractivity contribution in [3.8, 4) is 17.3 Å². The van der Waals surface area contributed by atoms with E-state index < -0.39 is 5.97 Å². The summed E-state index contributed by atoms with van der Waals surface area (Å²) in [6, 6.07) is 14.6. The van der Waals surface area contributed by atoms with E-state index in [1.807, 2.05) is 12.1 Å². The minimum atomic E-state index is -0.858. The molecular formula is C20H18N6O2S. The molecule has 0 aliphatic rings. The minimum absolute atomic E-state index is 0.0316. The SMILES string of the molecule is N#Cc1c(N)nc(SCc2cccc(CCC(=O)O)n2)nc1-c1ccc(N)cc1. The van der Waals surface area contributed by atoms with Crippen LogP contribution in [-0.4, -0.2) is 26.0 Å². The Morgan fingerprint density at radius 3 is 2.48 bits per heavy atom. The number of nitrogens with two attached hydrogens (primary N) is 2. The first-order chi connectivity index (χ1) is 14.0. The van der Waals surface area contributed by atoms with Gasteiger partial charge >= 0.3 is 5.97 Å². The van der Waals surface area contributed by atoms with Gasteiger partial charge in [0.05, 0.1) is 17.8 Å². The number of hydrogen-bond acceptors (Lipinski definition) is 8. The number of nitrogens with zero attached hydrogens (tertiary/aromatic N) is 4. The number of pyridine rings is 1. The first-order valence-corrected chi connectivity index (χ1v) is 9.67. The van der Waals surface area contributed by atoms with Gasteiger partial charge in [-0.3, -0.25) is 9.78 Å². The van der Waals surface area contributed by atoms with Crippen LogP contribution >= 0.6 is 11.8 Å². The van der Waals surface area contributed by atoms with Crippen molar-refractivity contribution in [2.24, 2.45) is 0 Å². The van der Waals surface area contributed by atoms with Crippen molar-refractivity contribution < 1.29 is 9.90 Å². The van der Waals surface area contributed by atoms with Crippen LogP contribution < -0.4 is 11.5 Å². The largest absolute Gasteiger partial charge is 0.481 e. The number of anilines is 2. The van der Waals surface area contributed by atoms with Crippen molar-refractivity contribution in [3.63, 3.8) is 0 Å². The molecule has 3 aromatic rings. The molecule has 1 aromatic carbocycles. The molecule has 0 saturated carbocycles. The van der Waals surface area contributed by atoms with E-state index in [4.69, 9.17) is 16.6 Å². The van der Waals surface area contributed by atoms with Gasteiger partial charge in [-0.15, -0.1) is 0 Å². The number of nitriles is 1. The Kier molecular flexibility index (Phi) is 6.26. The summed E-state index contributed by atoms with van der Waals surface area (Å²) in [6.45, 7) is 0. The lowest BCUT2D eigenvalue weighted by atomic mass is 10.1. The summed E-state index contributed by atoms with van der Waals surface area (Å²) in [5.41, 5.74) is 15.2. The highest BCUT2D eigenvalue weighted by atomic mass is 32.2. The summed E-state index contributed by atoms with van der Waals surface area (Å²) in [5.74, 6) is -0.267. The Hall–Kier alpha value is -3.64. The van der Waals surface area contributed by atoms with Gasteiger partial charge in [-0.05, 0) is 24.3 Å². The second kappa shape index (κ2) is 9.03. The molecule has 5 N–H and O–H groups in total. The van der Waals surface area contributed by atoms with Crippen molar-refractivity contribution in [1.82, 2.24) is 15.0 Å². The molecule has 29 heavy (non-hydrogen) atoms. The van der Waals surface area contributed by atoms with Gasteiger partial charge in [-0.25, -0.2) is 9.97 Å². The van der Waals surface area contributed by atoms with Crippen LogP contribution in [0.1, 0.15) is 23.4 Å². The summed E-state index contributed by atoms with van der Waals surface area (Å²) in [6.07, 6.45) is 0.402. The van der Waals surface area contributed by atoms with Gasteiger partial charge in [0.25, 0.3) is 0 Å². The molecule has 0 fully saturated rings. The number of hydrogen-bond donors (Lipinski definition) is 3. The maximum atomic E-state index is 10.7. The van der Waals surface area contributed by atoms with Crippen LogP contribution in [-0.2, 0) is 17.0 Å². The number of carboxylic acid groups (broad SMARTS) is 1. The fourth-order valence-corrected chi connectivity index (χ4v) is 3.36. The van der Waals surface area contributed by atoms with E-state index in [1.165, 1.54) is 11.8 Å². The summed E-state index contributed by atoms with van der Waals surface area (Å²) < 4.78 is 0. The normalized spacial score (nSPS) is 10.4. The monoisotopic (exact) mass is 406 g/mol. The van der Waals surface area contributed by atoms with Crippen LogP contribution in [0, 0.1) is 11.3 Å². The van der Waals surface area contributed by atoms with E-state index in [0.717, 1.165) is 11.3 Å². The van der Waals surface area contributed by atoms with Crippen LogP contribution in [0.3, 0.4) is 0 Å². The van der Waals surface area contributed by atoms with Crippen LogP contribution in [0.15, 0.2) is 47.6 Å². The third kappa shape index (κ3) is 5.21. The lowest BCUT2D eigenvalue weighted by Gasteiger charge is -2.09. The maximum absolute atomic E-state index is 10.7. The lowest BCUT2D eigenvalue weighted by molar-refractivity contribution is -0.136. The Morgan fingerprint density at radius 1 is 1.07 bits per heavy atom. The summed E-state index contributed by atoms with van der Waals surface area (Å²) in [4.78, 5) is 23.9. The predicted molar refractivity (Wildman–Crippen MR) is 111 cm³/mol. The Morgan fingerprint density at radius 2 is 1.79 bits per heavy atom. The quantitative estimate of drug-likeness (QED) is 0.305. The molecule has 0 atom stereocenters.